The number of fused-ring (bicyclic) bond motifs is 1. The fourth-order valence-electron chi connectivity index (χ4n) is 4.69. The van der Waals surface area contributed by atoms with Crippen LogP contribution in [0.15, 0.2) is 30.3 Å². The Balaban J connectivity index is 2.22. The van der Waals surface area contributed by atoms with Gasteiger partial charge in [0.25, 0.3) is 0 Å². The van der Waals surface area contributed by atoms with Crippen LogP contribution in [0.25, 0.3) is 0 Å². The van der Waals surface area contributed by atoms with Crippen LogP contribution in [0.5, 0.6) is 5.75 Å². The van der Waals surface area contributed by atoms with Gasteiger partial charge in [-0.05, 0) is 77.0 Å². The maximum atomic E-state index is 10.3. The van der Waals surface area contributed by atoms with E-state index in [1.807, 2.05) is 6.07 Å². The van der Waals surface area contributed by atoms with E-state index in [-0.39, 0.29) is 36.4 Å². The number of methoxy groups -OCH3 is 1. The highest BCUT2D eigenvalue weighted by Crippen LogP contribution is 2.46. The van der Waals surface area contributed by atoms with Crippen LogP contribution < -0.4 is 4.74 Å². The summed E-state index contributed by atoms with van der Waals surface area (Å²) in [4.78, 5) is 0. The second-order valence-corrected chi connectivity index (χ2v) is 9.32. The summed E-state index contributed by atoms with van der Waals surface area (Å²) < 4.78 is 5.62. The van der Waals surface area contributed by atoms with Crippen molar-refractivity contribution < 1.29 is 14.9 Å². The first-order valence-corrected chi connectivity index (χ1v) is 10.2. The Morgan fingerprint density at radius 2 is 1.68 bits per heavy atom. The van der Waals surface area contributed by atoms with E-state index in [9.17, 15) is 10.2 Å². The van der Waals surface area contributed by atoms with Gasteiger partial charge < -0.3 is 14.9 Å². The Kier molecular flexibility index (Phi) is 5.88. The highest BCUT2D eigenvalue weighted by molar-refractivity contribution is 5.50. The summed E-state index contributed by atoms with van der Waals surface area (Å²) in [6, 6.07) is 11.0. The maximum absolute atomic E-state index is 10.3. The largest absolute Gasteiger partial charge is 0.496 e. The third kappa shape index (κ3) is 3.70. The van der Waals surface area contributed by atoms with Crippen molar-refractivity contribution in [2.24, 2.45) is 11.8 Å². The van der Waals surface area contributed by atoms with Crippen molar-refractivity contribution in [3.63, 3.8) is 0 Å². The number of hydrogen-bond acceptors (Lipinski definition) is 3. The van der Waals surface area contributed by atoms with Crippen molar-refractivity contribution in [3.05, 3.63) is 63.7 Å². The number of benzene rings is 2. The van der Waals surface area contributed by atoms with Gasteiger partial charge in [0.1, 0.15) is 5.75 Å². The zero-order valence-electron chi connectivity index (χ0n) is 18.0. The molecule has 3 nitrogen and oxygen atoms in total. The second kappa shape index (κ2) is 7.88. The van der Waals surface area contributed by atoms with E-state index < -0.39 is 0 Å². The van der Waals surface area contributed by atoms with E-state index in [4.69, 9.17) is 4.74 Å². The third-order valence-corrected chi connectivity index (χ3v) is 6.44. The van der Waals surface area contributed by atoms with Gasteiger partial charge in [-0.15, -0.1) is 0 Å². The molecule has 0 spiro atoms. The fraction of sp³-hybridized carbons (Fsp3) is 0.520. The van der Waals surface area contributed by atoms with Crippen LogP contribution in [0, 0.1) is 25.7 Å². The molecule has 2 aromatic rings. The monoisotopic (exact) mass is 382 g/mol. The average Bonchev–Trinajstić information content (AvgIpc) is 2.66. The molecule has 0 saturated heterocycles. The Labute approximate surface area is 169 Å². The molecule has 1 aliphatic rings. The quantitative estimate of drug-likeness (QED) is 0.818. The number of rotatable bonds is 4. The van der Waals surface area contributed by atoms with Crippen LogP contribution in [0.2, 0.25) is 0 Å². The molecule has 0 fully saturated rings. The molecule has 0 aliphatic heterocycles. The lowest BCUT2D eigenvalue weighted by atomic mass is 9.66. The molecule has 0 amide bonds. The molecule has 28 heavy (non-hydrogen) atoms. The molecule has 0 bridgehead atoms. The number of aliphatic hydroxyl groups is 2. The van der Waals surface area contributed by atoms with Crippen LogP contribution >= 0.6 is 0 Å². The van der Waals surface area contributed by atoms with Crippen LogP contribution in [0.3, 0.4) is 0 Å². The lowest BCUT2D eigenvalue weighted by Gasteiger charge is -2.39. The summed E-state index contributed by atoms with van der Waals surface area (Å²) >= 11 is 0. The summed E-state index contributed by atoms with van der Waals surface area (Å²) in [6.07, 6.45) is 0.816. The zero-order valence-corrected chi connectivity index (χ0v) is 18.0. The fourth-order valence-corrected chi connectivity index (χ4v) is 4.69. The minimum atomic E-state index is -0.0485. The molecular formula is C25H34O3. The molecule has 3 rings (SSSR count). The average molecular weight is 383 g/mol. The lowest BCUT2D eigenvalue weighted by Crippen LogP contribution is -2.35. The Morgan fingerprint density at radius 1 is 1.00 bits per heavy atom. The van der Waals surface area contributed by atoms with Gasteiger partial charge in [0, 0.05) is 19.1 Å². The van der Waals surface area contributed by atoms with Crippen molar-refractivity contribution in [1.82, 2.24) is 0 Å². The lowest BCUT2D eigenvalue weighted by molar-refractivity contribution is 0.101. The molecule has 1 aliphatic carbocycles. The minimum absolute atomic E-state index is 0.000759. The van der Waals surface area contributed by atoms with Gasteiger partial charge in [-0.1, -0.05) is 45.0 Å². The van der Waals surface area contributed by atoms with E-state index in [1.54, 1.807) is 7.11 Å². The van der Waals surface area contributed by atoms with Gasteiger partial charge >= 0.3 is 0 Å². The number of ether oxygens (including phenoxy) is 1. The molecule has 0 heterocycles. The van der Waals surface area contributed by atoms with Gasteiger partial charge in [-0.25, -0.2) is 0 Å². The van der Waals surface area contributed by atoms with Gasteiger partial charge in [0.05, 0.1) is 7.11 Å². The predicted octanol–water partition coefficient (Wildman–Crippen LogP) is 4.51. The van der Waals surface area contributed by atoms with Crippen molar-refractivity contribution in [2.75, 3.05) is 20.3 Å². The SMILES string of the molecule is COc1ccc(C2c3cc(C)c(C)cc3C[C@H](CO)[C@H]2CO)cc1C(C)(C)C. The van der Waals surface area contributed by atoms with E-state index >= 15 is 0 Å². The van der Waals surface area contributed by atoms with Crippen molar-refractivity contribution in [1.29, 1.82) is 0 Å². The summed E-state index contributed by atoms with van der Waals surface area (Å²) in [5.74, 6) is 1.02. The standard InChI is InChI=1S/C25H34O3/c1-15-9-18-11-19(13-26)21(14-27)24(20(18)10-16(15)2)17-7-8-23(28-6)22(12-17)25(3,4)5/h7-10,12,19,21,24,26-27H,11,13-14H2,1-6H3/t19-,21-,24?/m1/s1. The van der Waals surface area contributed by atoms with Crippen molar-refractivity contribution in [3.8, 4) is 5.75 Å². The highest BCUT2D eigenvalue weighted by Gasteiger charge is 2.38. The molecule has 3 heteroatoms. The molecular weight excluding hydrogens is 348 g/mol. The maximum Gasteiger partial charge on any atom is 0.122 e. The summed E-state index contributed by atoms with van der Waals surface area (Å²) in [5, 5.41) is 20.3. The van der Waals surface area contributed by atoms with Gasteiger partial charge in [-0.3, -0.25) is 0 Å². The molecule has 2 N–H and O–H groups in total. The third-order valence-electron chi connectivity index (χ3n) is 6.44. The minimum Gasteiger partial charge on any atom is -0.496 e. The number of aryl methyl sites for hydroxylation is 2. The van der Waals surface area contributed by atoms with E-state index in [0.717, 1.165) is 12.2 Å². The Morgan fingerprint density at radius 3 is 2.25 bits per heavy atom. The Hall–Kier alpha value is -1.84. The van der Waals surface area contributed by atoms with Gasteiger partial charge in [-0.2, -0.15) is 0 Å². The predicted molar refractivity (Wildman–Crippen MR) is 114 cm³/mol. The number of hydrogen-bond donors (Lipinski definition) is 2. The first-order valence-electron chi connectivity index (χ1n) is 10.2. The first kappa shape index (κ1) is 20.9. The summed E-state index contributed by atoms with van der Waals surface area (Å²) in [6.45, 7) is 11.0. The topological polar surface area (TPSA) is 49.7 Å². The van der Waals surface area contributed by atoms with Gasteiger partial charge in [0.15, 0.2) is 0 Å². The zero-order chi connectivity index (χ0) is 20.6. The van der Waals surface area contributed by atoms with E-state index in [0.29, 0.717) is 0 Å². The van der Waals surface area contributed by atoms with E-state index in [1.165, 1.54) is 33.4 Å². The molecule has 0 aromatic heterocycles. The number of aliphatic hydroxyl groups excluding tert-OH is 2. The van der Waals surface area contributed by atoms with Gasteiger partial charge in [0.2, 0.25) is 0 Å². The van der Waals surface area contributed by atoms with Crippen molar-refractivity contribution in [2.45, 2.75) is 52.4 Å². The van der Waals surface area contributed by atoms with Crippen LogP contribution in [0.4, 0.5) is 0 Å². The molecule has 2 aromatic carbocycles. The van der Waals surface area contributed by atoms with Crippen LogP contribution in [0.1, 0.15) is 60.1 Å². The van der Waals surface area contributed by atoms with E-state index in [2.05, 4.69) is 58.9 Å². The second-order valence-electron chi connectivity index (χ2n) is 9.32. The summed E-state index contributed by atoms with van der Waals surface area (Å²) in [7, 11) is 1.71. The smallest absolute Gasteiger partial charge is 0.122 e. The Bertz CT molecular complexity index is 848. The molecule has 0 radical (unpaired) electrons. The highest BCUT2D eigenvalue weighted by atomic mass is 16.5. The molecule has 3 atom stereocenters. The molecule has 0 saturated carbocycles. The molecule has 1 unspecified atom stereocenters. The molecule has 152 valence electrons. The van der Waals surface area contributed by atoms with Crippen molar-refractivity contribution >= 4 is 0 Å². The first-order chi connectivity index (χ1) is 13.2. The van der Waals surface area contributed by atoms with Crippen LogP contribution in [-0.4, -0.2) is 30.5 Å². The summed E-state index contributed by atoms with van der Waals surface area (Å²) in [5.41, 5.74) is 7.44. The normalized spacial score (nSPS) is 22.1. The van der Waals surface area contributed by atoms with Crippen LogP contribution in [-0.2, 0) is 11.8 Å².